The van der Waals surface area contributed by atoms with E-state index >= 15 is 0 Å². The molecular formula is C19H20BrNO4. The maximum atomic E-state index is 12.1. The van der Waals surface area contributed by atoms with Gasteiger partial charge in [-0.1, -0.05) is 22.0 Å². The van der Waals surface area contributed by atoms with Crippen molar-refractivity contribution in [2.24, 2.45) is 0 Å². The van der Waals surface area contributed by atoms with Gasteiger partial charge in [-0.05, 0) is 55.3 Å². The maximum Gasteiger partial charge on any atom is 0.337 e. The third-order valence-electron chi connectivity index (χ3n) is 3.56. The number of hydrogen-bond acceptors (Lipinski definition) is 4. The second kappa shape index (κ2) is 9.22. The van der Waals surface area contributed by atoms with Crippen LogP contribution in [0.15, 0.2) is 46.9 Å². The Labute approximate surface area is 155 Å². The molecule has 6 heteroatoms. The fourth-order valence-electron chi connectivity index (χ4n) is 2.17. The van der Waals surface area contributed by atoms with Crippen LogP contribution in [-0.2, 0) is 9.53 Å². The number of ether oxygens (including phenoxy) is 2. The highest BCUT2D eigenvalue weighted by molar-refractivity contribution is 9.10. The lowest BCUT2D eigenvalue weighted by atomic mass is 10.1. The van der Waals surface area contributed by atoms with Crippen molar-refractivity contribution in [3.8, 4) is 5.75 Å². The van der Waals surface area contributed by atoms with Gasteiger partial charge in [0.1, 0.15) is 5.75 Å². The summed E-state index contributed by atoms with van der Waals surface area (Å²) in [5, 5.41) is 2.83. The monoisotopic (exact) mass is 405 g/mol. The fraction of sp³-hybridized carbons (Fsp3) is 0.263. The average molecular weight is 406 g/mol. The van der Waals surface area contributed by atoms with Crippen LogP contribution in [0.25, 0.3) is 0 Å². The number of esters is 1. The first kappa shape index (κ1) is 19.0. The zero-order valence-corrected chi connectivity index (χ0v) is 15.8. The molecule has 2 rings (SSSR count). The first-order valence-electron chi connectivity index (χ1n) is 7.87. The predicted molar refractivity (Wildman–Crippen MR) is 100 cm³/mol. The predicted octanol–water partition coefficient (Wildman–Crippen LogP) is 4.34. The van der Waals surface area contributed by atoms with Gasteiger partial charge in [0.15, 0.2) is 0 Å². The summed E-state index contributed by atoms with van der Waals surface area (Å²) in [6.45, 7) is 2.32. The second-order valence-electron chi connectivity index (χ2n) is 5.48. The van der Waals surface area contributed by atoms with Crippen LogP contribution in [0.3, 0.4) is 0 Å². The Kier molecular flexibility index (Phi) is 7.01. The van der Waals surface area contributed by atoms with Crippen LogP contribution in [0.1, 0.15) is 28.8 Å². The number of amides is 1. The quantitative estimate of drug-likeness (QED) is 0.549. The van der Waals surface area contributed by atoms with Gasteiger partial charge in [-0.3, -0.25) is 4.79 Å². The molecule has 0 saturated heterocycles. The third kappa shape index (κ3) is 5.90. The molecule has 0 heterocycles. The summed E-state index contributed by atoms with van der Waals surface area (Å²) in [7, 11) is 1.33. The molecule has 0 atom stereocenters. The van der Waals surface area contributed by atoms with Gasteiger partial charge in [-0.2, -0.15) is 0 Å². The summed E-state index contributed by atoms with van der Waals surface area (Å²) in [5.41, 5.74) is 1.90. The number of methoxy groups -OCH3 is 1. The number of carbonyl (C=O) groups is 2. The van der Waals surface area contributed by atoms with Crippen LogP contribution in [-0.4, -0.2) is 25.6 Å². The Morgan fingerprint density at radius 2 is 1.84 bits per heavy atom. The van der Waals surface area contributed by atoms with Crippen LogP contribution in [0.5, 0.6) is 5.75 Å². The van der Waals surface area contributed by atoms with Crippen molar-refractivity contribution in [1.29, 1.82) is 0 Å². The van der Waals surface area contributed by atoms with Crippen molar-refractivity contribution in [3.63, 3.8) is 0 Å². The molecular weight excluding hydrogens is 386 g/mol. The molecule has 0 aliphatic carbocycles. The third-order valence-corrected chi connectivity index (χ3v) is 4.09. The van der Waals surface area contributed by atoms with Crippen molar-refractivity contribution in [2.45, 2.75) is 19.8 Å². The van der Waals surface area contributed by atoms with Gasteiger partial charge in [0, 0.05) is 16.6 Å². The number of hydrogen-bond donors (Lipinski definition) is 1. The van der Waals surface area contributed by atoms with Gasteiger partial charge >= 0.3 is 5.97 Å². The fourth-order valence-corrected chi connectivity index (χ4v) is 2.43. The molecule has 5 nitrogen and oxygen atoms in total. The highest BCUT2D eigenvalue weighted by Gasteiger charge is 2.10. The largest absolute Gasteiger partial charge is 0.494 e. The Morgan fingerprint density at radius 3 is 2.52 bits per heavy atom. The molecule has 0 radical (unpaired) electrons. The van der Waals surface area contributed by atoms with E-state index in [4.69, 9.17) is 9.47 Å². The number of halogens is 1. The molecule has 0 fully saturated rings. The van der Waals surface area contributed by atoms with Crippen LogP contribution in [0, 0.1) is 6.92 Å². The molecule has 1 amide bonds. The lowest BCUT2D eigenvalue weighted by Crippen LogP contribution is -2.14. The molecule has 0 aliphatic heterocycles. The molecule has 132 valence electrons. The smallest absolute Gasteiger partial charge is 0.337 e. The molecule has 0 aliphatic rings. The van der Waals surface area contributed by atoms with E-state index in [0.717, 1.165) is 15.8 Å². The van der Waals surface area contributed by atoms with Gasteiger partial charge in [-0.15, -0.1) is 0 Å². The minimum atomic E-state index is -0.432. The standard InChI is InChI=1S/C19H20BrNO4/c1-13-5-6-14(19(23)24-2)12-17(13)21-18(22)4-3-11-25-16-9-7-15(20)8-10-16/h5-10,12H,3-4,11H2,1-2H3,(H,21,22). The molecule has 0 aromatic heterocycles. The molecule has 1 N–H and O–H groups in total. The van der Waals surface area contributed by atoms with Gasteiger partial charge in [0.05, 0.1) is 19.3 Å². The number of anilines is 1. The number of nitrogens with one attached hydrogen (secondary N) is 1. The van der Waals surface area contributed by atoms with Gasteiger partial charge in [-0.25, -0.2) is 4.79 Å². The molecule has 0 spiro atoms. The van der Waals surface area contributed by atoms with Gasteiger partial charge < -0.3 is 14.8 Å². The average Bonchev–Trinajstić information content (AvgIpc) is 2.61. The SMILES string of the molecule is COC(=O)c1ccc(C)c(NC(=O)CCCOc2ccc(Br)cc2)c1. The normalized spacial score (nSPS) is 10.2. The molecule has 25 heavy (non-hydrogen) atoms. The van der Waals surface area contributed by atoms with Crippen LogP contribution < -0.4 is 10.1 Å². The van der Waals surface area contributed by atoms with Crippen molar-refractivity contribution < 1.29 is 19.1 Å². The number of aryl methyl sites for hydroxylation is 1. The first-order chi connectivity index (χ1) is 12.0. The minimum Gasteiger partial charge on any atom is -0.494 e. The molecule has 2 aromatic rings. The van der Waals surface area contributed by atoms with E-state index in [2.05, 4.69) is 21.2 Å². The van der Waals surface area contributed by atoms with Crippen molar-refractivity contribution in [1.82, 2.24) is 0 Å². The zero-order chi connectivity index (χ0) is 18.2. The lowest BCUT2D eigenvalue weighted by molar-refractivity contribution is -0.116. The Balaban J connectivity index is 1.81. The number of benzene rings is 2. The minimum absolute atomic E-state index is 0.121. The van der Waals surface area contributed by atoms with E-state index in [9.17, 15) is 9.59 Å². The van der Waals surface area contributed by atoms with E-state index in [-0.39, 0.29) is 5.91 Å². The van der Waals surface area contributed by atoms with Crippen LogP contribution in [0.4, 0.5) is 5.69 Å². The Bertz CT molecular complexity index is 744. The molecule has 0 unspecified atom stereocenters. The maximum absolute atomic E-state index is 12.1. The van der Waals surface area contributed by atoms with Crippen molar-refractivity contribution in [3.05, 3.63) is 58.1 Å². The van der Waals surface area contributed by atoms with Crippen molar-refractivity contribution >= 4 is 33.5 Å². The topological polar surface area (TPSA) is 64.6 Å². The Morgan fingerprint density at radius 1 is 1.12 bits per heavy atom. The van der Waals surface area contributed by atoms with E-state index in [1.807, 2.05) is 31.2 Å². The number of rotatable bonds is 7. The summed E-state index contributed by atoms with van der Waals surface area (Å²) in [6, 6.07) is 12.6. The summed E-state index contributed by atoms with van der Waals surface area (Å²) in [6.07, 6.45) is 0.927. The highest BCUT2D eigenvalue weighted by atomic mass is 79.9. The second-order valence-corrected chi connectivity index (χ2v) is 6.39. The van der Waals surface area contributed by atoms with E-state index in [0.29, 0.717) is 30.7 Å². The molecule has 0 saturated carbocycles. The van der Waals surface area contributed by atoms with Gasteiger partial charge in [0.25, 0.3) is 0 Å². The summed E-state index contributed by atoms with van der Waals surface area (Å²) < 4.78 is 11.3. The summed E-state index contributed by atoms with van der Waals surface area (Å²) in [4.78, 5) is 23.7. The number of carbonyl (C=O) groups excluding carboxylic acids is 2. The summed E-state index contributed by atoms with van der Waals surface area (Å²) >= 11 is 3.36. The highest BCUT2D eigenvalue weighted by Crippen LogP contribution is 2.19. The van der Waals surface area contributed by atoms with E-state index in [1.54, 1.807) is 18.2 Å². The van der Waals surface area contributed by atoms with Gasteiger partial charge in [0.2, 0.25) is 5.91 Å². The first-order valence-corrected chi connectivity index (χ1v) is 8.66. The molecule has 0 bridgehead atoms. The van der Waals surface area contributed by atoms with Crippen LogP contribution in [0.2, 0.25) is 0 Å². The lowest BCUT2D eigenvalue weighted by Gasteiger charge is -2.10. The Hall–Kier alpha value is -2.34. The molecule has 2 aromatic carbocycles. The zero-order valence-electron chi connectivity index (χ0n) is 14.2. The summed E-state index contributed by atoms with van der Waals surface area (Å²) in [5.74, 6) is 0.216. The van der Waals surface area contributed by atoms with E-state index < -0.39 is 5.97 Å². The van der Waals surface area contributed by atoms with E-state index in [1.165, 1.54) is 7.11 Å². The van der Waals surface area contributed by atoms with Crippen molar-refractivity contribution in [2.75, 3.05) is 19.0 Å². The van der Waals surface area contributed by atoms with Crippen LogP contribution >= 0.6 is 15.9 Å².